The quantitative estimate of drug-likeness (QED) is 0.812. The Morgan fingerprint density at radius 3 is 2.72 bits per heavy atom. The van der Waals surface area contributed by atoms with Crippen molar-refractivity contribution in [1.82, 2.24) is 15.2 Å². The van der Waals surface area contributed by atoms with E-state index in [1.165, 1.54) is 0 Å². The summed E-state index contributed by atoms with van der Waals surface area (Å²) in [5.74, 6) is 2.38. The van der Waals surface area contributed by atoms with Gasteiger partial charge in [-0.05, 0) is 19.8 Å². The molecule has 0 aromatic carbocycles. The minimum atomic E-state index is 0.198. The second-order valence-corrected chi connectivity index (χ2v) is 4.51. The van der Waals surface area contributed by atoms with Crippen molar-refractivity contribution < 1.29 is 13.6 Å². The second-order valence-electron chi connectivity index (χ2n) is 4.51. The third-order valence-corrected chi connectivity index (χ3v) is 3.05. The molecule has 1 unspecified atom stereocenters. The van der Waals surface area contributed by atoms with Crippen LogP contribution in [0.1, 0.15) is 36.2 Å². The maximum atomic E-state index is 5.67. The molecule has 0 spiro atoms. The highest BCUT2D eigenvalue weighted by molar-refractivity contribution is 5.46. The van der Waals surface area contributed by atoms with Crippen molar-refractivity contribution in [2.45, 2.75) is 32.6 Å². The second kappa shape index (κ2) is 4.53. The van der Waals surface area contributed by atoms with Crippen LogP contribution in [0, 0.1) is 13.8 Å². The summed E-state index contributed by atoms with van der Waals surface area (Å²) in [6.45, 7) is 5.12. The fourth-order valence-electron chi connectivity index (χ4n) is 2.16. The van der Waals surface area contributed by atoms with Gasteiger partial charge in [-0.3, -0.25) is 0 Å². The molecule has 1 fully saturated rings. The van der Waals surface area contributed by atoms with Crippen LogP contribution in [0.25, 0.3) is 11.7 Å². The summed E-state index contributed by atoms with van der Waals surface area (Å²) in [4.78, 5) is 4.19. The fraction of sp³-hybridized carbons (Fsp3) is 0.583. The van der Waals surface area contributed by atoms with Crippen LogP contribution in [-0.4, -0.2) is 28.4 Å². The van der Waals surface area contributed by atoms with Gasteiger partial charge in [0, 0.05) is 13.5 Å². The van der Waals surface area contributed by atoms with Gasteiger partial charge in [0.25, 0.3) is 5.89 Å². The number of aryl methyl sites for hydroxylation is 2. The van der Waals surface area contributed by atoms with Crippen molar-refractivity contribution in [3.63, 3.8) is 0 Å². The molecule has 6 heteroatoms. The van der Waals surface area contributed by atoms with Crippen LogP contribution in [0.15, 0.2) is 8.83 Å². The number of ether oxygens (including phenoxy) is 1. The molecular formula is C12H15N3O3. The highest BCUT2D eigenvalue weighted by Crippen LogP contribution is 2.28. The van der Waals surface area contributed by atoms with Gasteiger partial charge in [0.05, 0.1) is 18.2 Å². The Morgan fingerprint density at radius 2 is 2.06 bits per heavy atom. The zero-order valence-corrected chi connectivity index (χ0v) is 10.5. The molecule has 0 aliphatic carbocycles. The van der Waals surface area contributed by atoms with E-state index in [2.05, 4.69) is 15.2 Å². The number of hydrogen-bond acceptors (Lipinski definition) is 6. The van der Waals surface area contributed by atoms with Gasteiger partial charge in [-0.15, -0.1) is 10.2 Å². The predicted molar refractivity (Wildman–Crippen MR) is 62.1 cm³/mol. The van der Waals surface area contributed by atoms with Crippen LogP contribution in [0.5, 0.6) is 0 Å². The molecule has 6 nitrogen and oxygen atoms in total. The van der Waals surface area contributed by atoms with E-state index in [0.717, 1.165) is 25.1 Å². The van der Waals surface area contributed by atoms with Gasteiger partial charge in [0.15, 0.2) is 5.89 Å². The summed E-state index contributed by atoms with van der Waals surface area (Å²) >= 11 is 0. The minimum absolute atomic E-state index is 0.198. The predicted octanol–water partition coefficient (Wildman–Crippen LogP) is 2.24. The molecule has 1 saturated heterocycles. The average Bonchev–Trinajstić information content (AvgIpc) is 2.97. The van der Waals surface area contributed by atoms with Crippen molar-refractivity contribution in [1.29, 1.82) is 0 Å². The fourth-order valence-corrected chi connectivity index (χ4v) is 2.16. The van der Waals surface area contributed by atoms with Crippen molar-refractivity contribution in [2.75, 3.05) is 13.2 Å². The molecule has 0 saturated carbocycles. The molecule has 0 bridgehead atoms. The standard InChI is InChI=1S/C12H15N3O3/c1-7-10(17-8(2)13-7)12-15-14-11(18-12)9-4-3-5-16-6-9/h9H,3-6H2,1-2H3. The lowest BCUT2D eigenvalue weighted by atomic mass is 10.0. The smallest absolute Gasteiger partial charge is 0.285 e. The first kappa shape index (κ1) is 11.4. The first-order valence-electron chi connectivity index (χ1n) is 6.09. The van der Waals surface area contributed by atoms with Crippen LogP contribution in [-0.2, 0) is 4.74 Å². The first-order valence-corrected chi connectivity index (χ1v) is 6.09. The van der Waals surface area contributed by atoms with Crippen molar-refractivity contribution in [3.8, 4) is 11.7 Å². The summed E-state index contributed by atoms with van der Waals surface area (Å²) in [5.41, 5.74) is 0.766. The number of oxazole rings is 1. The SMILES string of the molecule is Cc1nc(C)c(-c2nnc(C3CCCOC3)o2)o1. The van der Waals surface area contributed by atoms with Gasteiger partial charge in [-0.25, -0.2) is 4.98 Å². The maximum Gasteiger partial charge on any atom is 0.285 e. The summed E-state index contributed by atoms with van der Waals surface area (Å²) in [6.07, 6.45) is 2.05. The van der Waals surface area contributed by atoms with Crippen molar-refractivity contribution in [3.05, 3.63) is 17.5 Å². The number of aromatic nitrogens is 3. The van der Waals surface area contributed by atoms with Crippen LogP contribution in [0.3, 0.4) is 0 Å². The Bertz CT molecular complexity index is 541. The number of nitrogens with zero attached hydrogens (tertiary/aromatic N) is 3. The van der Waals surface area contributed by atoms with Crippen LogP contribution < -0.4 is 0 Å². The molecule has 3 heterocycles. The van der Waals surface area contributed by atoms with Crippen molar-refractivity contribution in [2.24, 2.45) is 0 Å². The number of hydrogen-bond donors (Lipinski definition) is 0. The zero-order chi connectivity index (χ0) is 12.5. The van der Waals surface area contributed by atoms with Gasteiger partial charge < -0.3 is 13.6 Å². The topological polar surface area (TPSA) is 74.2 Å². The third kappa shape index (κ3) is 2.03. The van der Waals surface area contributed by atoms with Gasteiger partial charge in [0.2, 0.25) is 11.7 Å². The Labute approximate surface area is 104 Å². The van der Waals surface area contributed by atoms with E-state index in [0.29, 0.717) is 30.0 Å². The summed E-state index contributed by atoms with van der Waals surface area (Å²) < 4.78 is 16.5. The Balaban J connectivity index is 1.86. The van der Waals surface area contributed by atoms with E-state index >= 15 is 0 Å². The molecule has 18 heavy (non-hydrogen) atoms. The monoisotopic (exact) mass is 249 g/mol. The summed E-state index contributed by atoms with van der Waals surface area (Å²) in [5, 5.41) is 8.11. The zero-order valence-electron chi connectivity index (χ0n) is 10.5. The van der Waals surface area contributed by atoms with E-state index in [9.17, 15) is 0 Å². The van der Waals surface area contributed by atoms with E-state index in [1.54, 1.807) is 6.92 Å². The largest absolute Gasteiger partial charge is 0.436 e. The summed E-state index contributed by atoms with van der Waals surface area (Å²) in [7, 11) is 0. The highest BCUT2D eigenvalue weighted by Gasteiger charge is 2.24. The van der Waals surface area contributed by atoms with Gasteiger partial charge in [0.1, 0.15) is 0 Å². The highest BCUT2D eigenvalue weighted by atomic mass is 16.5. The Kier molecular flexibility index (Phi) is 2.87. The lowest BCUT2D eigenvalue weighted by Crippen LogP contribution is -2.15. The van der Waals surface area contributed by atoms with Gasteiger partial charge in [-0.2, -0.15) is 0 Å². The Morgan fingerprint density at radius 1 is 1.17 bits per heavy atom. The third-order valence-electron chi connectivity index (χ3n) is 3.05. The average molecular weight is 249 g/mol. The lowest BCUT2D eigenvalue weighted by molar-refractivity contribution is 0.0726. The molecule has 0 amide bonds. The van der Waals surface area contributed by atoms with Crippen LogP contribution >= 0.6 is 0 Å². The van der Waals surface area contributed by atoms with Crippen molar-refractivity contribution >= 4 is 0 Å². The van der Waals surface area contributed by atoms with Crippen LogP contribution in [0.2, 0.25) is 0 Å². The van der Waals surface area contributed by atoms with Gasteiger partial charge in [-0.1, -0.05) is 0 Å². The normalized spacial score (nSPS) is 20.2. The molecule has 96 valence electrons. The molecule has 3 rings (SSSR count). The van der Waals surface area contributed by atoms with Gasteiger partial charge >= 0.3 is 0 Å². The van der Waals surface area contributed by atoms with E-state index < -0.39 is 0 Å². The molecule has 1 aliphatic heterocycles. The van der Waals surface area contributed by atoms with E-state index in [-0.39, 0.29) is 5.92 Å². The number of rotatable bonds is 2. The minimum Gasteiger partial charge on any atom is -0.436 e. The molecule has 1 atom stereocenters. The molecule has 0 N–H and O–H groups in total. The summed E-state index contributed by atoms with van der Waals surface area (Å²) in [6, 6.07) is 0. The molecular weight excluding hydrogens is 234 g/mol. The first-order chi connectivity index (χ1) is 8.74. The molecule has 0 radical (unpaired) electrons. The molecule has 1 aliphatic rings. The Hall–Kier alpha value is -1.69. The molecule has 2 aromatic rings. The molecule has 2 aromatic heterocycles. The van der Waals surface area contributed by atoms with Crippen LogP contribution in [0.4, 0.5) is 0 Å². The van der Waals surface area contributed by atoms with E-state index in [4.69, 9.17) is 13.6 Å². The maximum absolute atomic E-state index is 5.67. The lowest BCUT2D eigenvalue weighted by Gasteiger charge is -2.18. The van der Waals surface area contributed by atoms with E-state index in [1.807, 2.05) is 6.92 Å².